The Morgan fingerprint density at radius 2 is 1.59 bits per heavy atom. The largest absolute Gasteiger partial charge is 0.495 e. The molecule has 41 heavy (non-hydrogen) atoms. The number of anilines is 2. The van der Waals surface area contributed by atoms with E-state index in [0.717, 1.165) is 9.87 Å². The SMILES string of the molecule is COc1ccc(Cl)cc1N(CC(=O)Nc1ccc(OC)c(S(=O)(=O)N2CCOCC2)c1)S(=O)(=O)c1ccc(C)cc1. The molecule has 3 aromatic carbocycles. The highest BCUT2D eigenvalue weighted by Gasteiger charge is 2.32. The molecule has 0 atom stereocenters. The van der Waals surface area contributed by atoms with Crippen LogP contribution in [0.5, 0.6) is 11.5 Å². The van der Waals surface area contributed by atoms with Crippen molar-refractivity contribution in [1.29, 1.82) is 0 Å². The summed E-state index contributed by atoms with van der Waals surface area (Å²) in [5.41, 5.74) is 1.05. The number of carbonyl (C=O) groups is 1. The summed E-state index contributed by atoms with van der Waals surface area (Å²) in [7, 11) is -5.51. The Hall–Kier alpha value is -3.36. The highest BCUT2D eigenvalue weighted by Crippen LogP contribution is 2.35. The summed E-state index contributed by atoms with van der Waals surface area (Å²) in [6, 6.07) is 14.8. The Balaban J connectivity index is 1.69. The Bertz CT molecular complexity index is 1620. The molecule has 4 rings (SSSR count). The van der Waals surface area contributed by atoms with Crippen LogP contribution in [0.15, 0.2) is 70.5 Å². The summed E-state index contributed by atoms with van der Waals surface area (Å²) >= 11 is 6.20. The number of nitrogens with one attached hydrogen (secondary N) is 1. The van der Waals surface area contributed by atoms with Crippen molar-refractivity contribution in [3.05, 3.63) is 71.2 Å². The van der Waals surface area contributed by atoms with Crippen LogP contribution >= 0.6 is 11.6 Å². The molecule has 0 spiro atoms. The first-order chi connectivity index (χ1) is 19.5. The minimum atomic E-state index is -4.26. The molecule has 1 amide bonds. The van der Waals surface area contributed by atoms with Gasteiger partial charge < -0.3 is 19.5 Å². The van der Waals surface area contributed by atoms with E-state index < -0.39 is 32.5 Å². The number of aryl methyl sites for hydroxylation is 1. The van der Waals surface area contributed by atoms with Crippen molar-refractivity contribution in [2.45, 2.75) is 16.7 Å². The molecule has 0 saturated carbocycles. The van der Waals surface area contributed by atoms with Gasteiger partial charge in [0.2, 0.25) is 15.9 Å². The Morgan fingerprint density at radius 1 is 0.951 bits per heavy atom. The number of hydrogen-bond donors (Lipinski definition) is 1. The van der Waals surface area contributed by atoms with Crippen LogP contribution in [0.3, 0.4) is 0 Å². The lowest BCUT2D eigenvalue weighted by atomic mass is 10.2. The summed E-state index contributed by atoms with van der Waals surface area (Å²) in [5, 5.41) is 2.85. The van der Waals surface area contributed by atoms with E-state index in [2.05, 4.69) is 5.32 Å². The van der Waals surface area contributed by atoms with Gasteiger partial charge in [-0.2, -0.15) is 4.31 Å². The molecular formula is C27H30ClN3O8S2. The summed E-state index contributed by atoms with van der Waals surface area (Å²) in [4.78, 5) is 13.2. The average molecular weight is 624 g/mol. The third kappa shape index (κ3) is 6.76. The van der Waals surface area contributed by atoms with Crippen molar-refractivity contribution in [3.63, 3.8) is 0 Å². The van der Waals surface area contributed by atoms with E-state index in [1.54, 1.807) is 12.1 Å². The van der Waals surface area contributed by atoms with Gasteiger partial charge in [-0.3, -0.25) is 9.10 Å². The highest BCUT2D eigenvalue weighted by atomic mass is 35.5. The standard InChI is InChI=1S/C27H30ClN3O8S2/c1-19-4-8-22(9-5-19)40(33,34)31(23-16-20(28)6-10-24(23)37-2)18-27(32)29-21-7-11-25(38-3)26(17-21)41(35,36)30-12-14-39-15-13-30/h4-11,16-17H,12-15,18H2,1-3H3,(H,29,32). The van der Waals surface area contributed by atoms with E-state index in [-0.39, 0.29) is 64.0 Å². The lowest BCUT2D eigenvalue weighted by Gasteiger charge is -2.27. The maximum Gasteiger partial charge on any atom is 0.264 e. The number of rotatable bonds is 10. The molecule has 0 aromatic heterocycles. The van der Waals surface area contributed by atoms with Crippen molar-refractivity contribution >= 4 is 48.9 Å². The summed E-state index contributed by atoms with van der Waals surface area (Å²) in [6.07, 6.45) is 0. The first-order valence-electron chi connectivity index (χ1n) is 12.5. The van der Waals surface area contributed by atoms with Crippen molar-refractivity contribution in [3.8, 4) is 11.5 Å². The fraction of sp³-hybridized carbons (Fsp3) is 0.296. The van der Waals surface area contributed by atoms with E-state index >= 15 is 0 Å². The highest BCUT2D eigenvalue weighted by molar-refractivity contribution is 7.93. The number of halogens is 1. The quantitative estimate of drug-likeness (QED) is 0.363. The van der Waals surface area contributed by atoms with Gasteiger partial charge >= 0.3 is 0 Å². The predicted octanol–water partition coefficient (Wildman–Crippen LogP) is 3.52. The lowest BCUT2D eigenvalue weighted by molar-refractivity contribution is -0.114. The molecule has 3 aromatic rings. The molecule has 1 aliphatic rings. The van der Waals surface area contributed by atoms with Gasteiger partial charge in [0, 0.05) is 23.8 Å². The fourth-order valence-electron chi connectivity index (χ4n) is 4.21. The number of sulfonamides is 2. The third-order valence-corrected chi connectivity index (χ3v) is 10.3. The van der Waals surface area contributed by atoms with Crippen LogP contribution in [0.25, 0.3) is 0 Å². The topological polar surface area (TPSA) is 132 Å². The second kappa shape index (κ2) is 12.7. The average Bonchev–Trinajstić information content (AvgIpc) is 2.96. The van der Waals surface area contributed by atoms with Crippen molar-refractivity contribution < 1.29 is 35.8 Å². The second-order valence-corrected chi connectivity index (χ2v) is 13.3. The zero-order valence-electron chi connectivity index (χ0n) is 22.7. The number of benzene rings is 3. The molecule has 1 saturated heterocycles. The van der Waals surface area contributed by atoms with Crippen molar-refractivity contribution in [2.75, 3.05) is 56.7 Å². The summed E-state index contributed by atoms with van der Waals surface area (Å²) < 4.78 is 72.4. The van der Waals surface area contributed by atoms with E-state index in [1.807, 2.05) is 6.92 Å². The van der Waals surface area contributed by atoms with Gasteiger partial charge in [0.25, 0.3) is 10.0 Å². The number of carbonyl (C=O) groups excluding carboxylic acids is 1. The van der Waals surface area contributed by atoms with Crippen molar-refractivity contribution in [2.24, 2.45) is 0 Å². The molecule has 1 aliphatic heterocycles. The van der Waals surface area contributed by atoms with Crippen LogP contribution < -0.4 is 19.1 Å². The van der Waals surface area contributed by atoms with E-state index in [0.29, 0.717) is 0 Å². The minimum Gasteiger partial charge on any atom is -0.495 e. The summed E-state index contributed by atoms with van der Waals surface area (Å²) in [5.74, 6) is -0.453. The van der Waals surface area contributed by atoms with Crippen LogP contribution in [-0.4, -0.2) is 74.1 Å². The summed E-state index contributed by atoms with van der Waals surface area (Å²) in [6.45, 7) is 2.03. The molecule has 14 heteroatoms. The van der Waals surface area contributed by atoms with Crippen LogP contribution in [0.4, 0.5) is 11.4 Å². The Kier molecular flexibility index (Phi) is 9.44. The van der Waals surface area contributed by atoms with Crippen LogP contribution in [0.1, 0.15) is 5.56 Å². The van der Waals surface area contributed by atoms with E-state index in [4.69, 9.17) is 25.8 Å². The number of nitrogens with zero attached hydrogens (tertiary/aromatic N) is 2. The van der Waals surface area contributed by atoms with Gasteiger partial charge in [-0.25, -0.2) is 16.8 Å². The van der Waals surface area contributed by atoms with Gasteiger partial charge in [0.05, 0.1) is 38.0 Å². The number of amides is 1. The predicted molar refractivity (Wildman–Crippen MR) is 155 cm³/mol. The molecule has 1 fully saturated rings. The Morgan fingerprint density at radius 3 is 2.22 bits per heavy atom. The first-order valence-corrected chi connectivity index (χ1v) is 15.7. The number of ether oxygens (including phenoxy) is 3. The molecular weight excluding hydrogens is 594 g/mol. The molecule has 0 unspecified atom stereocenters. The molecule has 0 radical (unpaired) electrons. The second-order valence-electron chi connectivity index (χ2n) is 9.07. The van der Waals surface area contributed by atoms with Gasteiger partial charge in [-0.05, 0) is 55.5 Å². The van der Waals surface area contributed by atoms with Crippen LogP contribution in [0.2, 0.25) is 5.02 Å². The normalized spacial score (nSPS) is 14.3. The van der Waals surface area contributed by atoms with E-state index in [9.17, 15) is 21.6 Å². The van der Waals surface area contributed by atoms with Crippen molar-refractivity contribution in [1.82, 2.24) is 4.31 Å². The van der Waals surface area contributed by atoms with Gasteiger partial charge in [-0.15, -0.1) is 0 Å². The molecule has 1 heterocycles. The Labute approximate surface area is 244 Å². The lowest BCUT2D eigenvalue weighted by Crippen LogP contribution is -2.40. The monoisotopic (exact) mass is 623 g/mol. The third-order valence-electron chi connectivity index (χ3n) is 6.34. The smallest absolute Gasteiger partial charge is 0.264 e. The first kappa shape index (κ1) is 30.6. The zero-order chi connectivity index (χ0) is 29.8. The molecule has 0 bridgehead atoms. The molecule has 0 aliphatic carbocycles. The number of morpholine rings is 1. The number of hydrogen-bond acceptors (Lipinski definition) is 8. The van der Waals surface area contributed by atoms with Crippen LogP contribution in [0, 0.1) is 6.92 Å². The fourth-order valence-corrected chi connectivity index (χ4v) is 7.39. The number of methoxy groups -OCH3 is 2. The molecule has 11 nitrogen and oxygen atoms in total. The van der Waals surface area contributed by atoms with Crippen LogP contribution in [-0.2, 0) is 29.6 Å². The van der Waals surface area contributed by atoms with Gasteiger partial charge in [-0.1, -0.05) is 29.3 Å². The minimum absolute atomic E-state index is 0.0405. The molecule has 220 valence electrons. The van der Waals surface area contributed by atoms with Gasteiger partial charge in [0.1, 0.15) is 22.9 Å². The van der Waals surface area contributed by atoms with E-state index in [1.165, 1.54) is 67.1 Å². The van der Waals surface area contributed by atoms with Gasteiger partial charge in [0.15, 0.2) is 0 Å². The maximum absolute atomic E-state index is 13.8. The maximum atomic E-state index is 13.8. The molecule has 1 N–H and O–H groups in total. The zero-order valence-corrected chi connectivity index (χ0v) is 25.1.